The average molecular weight is 671 g/mol. The lowest BCUT2D eigenvalue weighted by atomic mass is 10.1. The zero-order valence-electron chi connectivity index (χ0n) is 15.0. The van der Waals surface area contributed by atoms with Gasteiger partial charge in [0.2, 0.25) is 0 Å². The van der Waals surface area contributed by atoms with Crippen molar-refractivity contribution in [2.75, 3.05) is 0 Å². The third-order valence-electron chi connectivity index (χ3n) is 3.66. The number of hydrazone groups is 1. The van der Waals surface area contributed by atoms with E-state index in [0.717, 1.165) is 5.56 Å². The zero-order valence-corrected chi connectivity index (χ0v) is 19.3. The summed E-state index contributed by atoms with van der Waals surface area (Å²) in [6.45, 7) is 0.172. The summed E-state index contributed by atoms with van der Waals surface area (Å²) in [4.78, 5) is 0. The largest absolute Gasteiger partial charge is 0.487 e. The van der Waals surface area contributed by atoms with Crippen LogP contribution in [0.2, 0.25) is 0 Å². The Kier molecular flexibility index (Phi) is 8.00. The summed E-state index contributed by atoms with van der Waals surface area (Å²) in [6, 6.07) is 5.86. The van der Waals surface area contributed by atoms with Gasteiger partial charge in [0.15, 0.2) is 0 Å². The monoisotopic (exact) mass is 671 g/mol. The smallest absolute Gasteiger partial charge is 0.462 e. The Balaban J connectivity index is 2.10. The van der Waals surface area contributed by atoms with E-state index < -0.39 is 18.1 Å². The Morgan fingerprint density at radius 2 is 1.55 bits per heavy atom. The highest BCUT2D eigenvalue weighted by atomic mass is 127. The Morgan fingerprint density at radius 1 is 1.00 bits per heavy atom. The Morgan fingerprint density at radius 3 is 2.03 bits per heavy atom. The first-order valence-corrected chi connectivity index (χ1v) is 10.2. The molecule has 0 radical (unpaired) electrons. The Bertz CT molecular complexity index is 980. The number of halogens is 9. The molecule has 0 saturated heterocycles. The van der Waals surface area contributed by atoms with Crippen LogP contribution in [0.25, 0.3) is 0 Å². The van der Waals surface area contributed by atoms with E-state index in [1.807, 2.05) is 51.3 Å². The molecule has 0 amide bonds. The number of nitrogens with one attached hydrogen (secondary N) is 1. The van der Waals surface area contributed by atoms with Gasteiger partial charge in [-0.3, -0.25) is 0 Å². The maximum Gasteiger partial charge on any atom is 0.462 e. The van der Waals surface area contributed by atoms with Crippen molar-refractivity contribution < 1.29 is 35.5 Å². The van der Waals surface area contributed by atoms with Gasteiger partial charge in [-0.25, -0.2) is 5.43 Å². The molecule has 0 aliphatic carbocycles. The van der Waals surface area contributed by atoms with Gasteiger partial charge in [0.1, 0.15) is 12.4 Å². The number of nitrogens with zero attached hydrogens (tertiary/aromatic N) is 2. The van der Waals surface area contributed by atoms with Crippen molar-refractivity contribution in [1.29, 1.82) is 5.26 Å². The minimum absolute atomic E-state index is 0.165. The van der Waals surface area contributed by atoms with E-state index >= 15 is 0 Å². The van der Waals surface area contributed by atoms with Gasteiger partial charge in [0.05, 0.1) is 25.0 Å². The van der Waals surface area contributed by atoms with E-state index in [1.54, 1.807) is 24.3 Å². The van der Waals surface area contributed by atoms with Crippen LogP contribution in [0.5, 0.6) is 5.75 Å². The van der Waals surface area contributed by atoms with Crippen molar-refractivity contribution in [1.82, 2.24) is 5.43 Å². The van der Waals surface area contributed by atoms with Crippen LogP contribution in [0.1, 0.15) is 16.7 Å². The van der Waals surface area contributed by atoms with Gasteiger partial charge >= 0.3 is 18.1 Å². The van der Waals surface area contributed by atoms with Crippen LogP contribution in [0.3, 0.4) is 0 Å². The minimum Gasteiger partial charge on any atom is -0.487 e. The molecule has 0 atom stereocenters. The Labute approximate surface area is 198 Å². The normalized spacial score (nSPS) is 12.6. The van der Waals surface area contributed by atoms with Crippen LogP contribution in [-0.2, 0) is 6.61 Å². The van der Waals surface area contributed by atoms with Crippen molar-refractivity contribution in [2.45, 2.75) is 24.8 Å². The summed E-state index contributed by atoms with van der Waals surface area (Å²) >= 11 is 3.77. The third kappa shape index (κ3) is 6.11. The number of alkyl halides is 7. The van der Waals surface area contributed by atoms with Crippen molar-refractivity contribution in [3.05, 3.63) is 60.2 Å². The number of hydrogen-bond acceptors (Lipinski definition) is 4. The molecule has 0 saturated carbocycles. The second-order valence-corrected chi connectivity index (χ2v) is 8.25. The highest BCUT2D eigenvalue weighted by molar-refractivity contribution is 14.1. The summed E-state index contributed by atoms with van der Waals surface area (Å²) in [5, 5.41) is 11.6. The predicted octanol–water partition coefficient (Wildman–Crippen LogP) is 6.06. The molecule has 0 aromatic heterocycles. The lowest BCUT2D eigenvalue weighted by Gasteiger charge is -2.27. The van der Waals surface area contributed by atoms with Crippen molar-refractivity contribution >= 4 is 51.4 Å². The fourth-order valence-corrected chi connectivity index (χ4v) is 4.19. The van der Waals surface area contributed by atoms with E-state index in [2.05, 4.69) is 5.10 Å². The van der Waals surface area contributed by atoms with Crippen LogP contribution < -0.4 is 10.2 Å². The second kappa shape index (κ2) is 9.76. The number of benzene rings is 2. The van der Waals surface area contributed by atoms with Crippen molar-refractivity contribution in [2.24, 2.45) is 5.10 Å². The molecular weight excluding hydrogens is 661 g/mol. The van der Waals surface area contributed by atoms with Gasteiger partial charge in [0.25, 0.3) is 0 Å². The van der Waals surface area contributed by atoms with Crippen LogP contribution >= 0.6 is 45.2 Å². The molecule has 166 valence electrons. The van der Waals surface area contributed by atoms with Gasteiger partial charge in [-0.15, -0.1) is 0 Å². The first-order valence-electron chi connectivity index (χ1n) is 8.02. The second-order valence-electron chi connectivity index (χ2n) is 5.93. The Hall–Kier alpha value is -1.83. The van der Waals surface area contributed by atoms with E-state index in [-0.39, 0.29) is 12.2 Å². The first kappa shape index (κ1) is 25.4. The molecule has 0 aliphatic heterocycles. The number of nitriles is 1. The molecule has 0 bridgehead atoms. The van der Waals surface area contributed by atoms with E-state index in [0.29, 0.717) is 30.1 Å². The van der Waals surface area contributed by atoms with E-state index in [4.69, 9.17) is 10.00 Å². The molecule has 2 aromatic carbocycles. The summed E-state index contributed by atoms with van der Waals surface area (Å²) in [5.74, 6) is -5.85. The molecule has 0 unspecified atom stereocenters. The van der Waals surface area contributed by atoms with Gasteiger partial charge in [-0.1, -0.05) is 12.1 Å². The van der Waals surface area contributed by atoms with Crippen LogP contribution in [0.4, 0.5) is 30.7 Å². The summed E-state index contributed by atoms with van der Waals surface area (Å²) in [7, 11) is 0. The fraction of sp³-hybridized carbons (Fsp3) is 0.222. The van der Waals surface area contributed by atoms with Gasteiger partial charge in [0, 0.05) is 0 Å². The molecule has 0 aliphatic rings. The summed E-state index contributed by atoms with van der Waals surface area (Å²) in [6.07, 6.45) is -5.76. The minimum atomic E-state index is -6.45. The number of rotatable bonds is 7. The molecule has 0 fully saturated rings. The SMILES string of the molecule is N#Cc1ccc(COc2c(I)cc(/C=N\NC(F)(F)C(F)(F)C(F)(F)F)cc2I)cc1. The highest BCUT2D eigenvalue weighted by Gasteiger charge is 2.73. The first-order chi connectivity index (χ1) is 14.3. The van der Waals surface area contributed by atoms with Crippen LogP contribution in [0.15, 0.2) is 41.5 Å². The molecule has 2 rings (SSSR count). The van der Waals surface area contributed by atoms with Crippen LogP contribution in [-0.4, -0.2) is 24.4 Å². The molecule has 1 N–H and O–H groups in total. The van der Waals surface area contributed by atoms with Crippen molar-refractivity contribution in [3.8, 4) is 11.8 Å². The summed E-state index contributed by atoms with van der Waals surface area (Å²) < 4.78 is 95.2. The summed E-state index contributed by atoms with van der Waals surface area (Å²) in [5.41, 5.74) is 2.01. The van der Waals surface area contributed by atoms with E-state index in [9.17, 15) is 30.7 Å². The molecule has 31 heavy (non-hydrogen) atoms. The molecular formula is C18H10F7I2N3O. The highest BCUT2D eigenvalue weighted by Crippen LogP contribution is 2.45. The fourth-order valence-electron chi connectivity index (χ4n) is 2.06. The molecule has 13 heteroatoms. The average Bonchev–Trinajstić information content (AvgIpc) is 2.66. The van der Waals surface area contributed by atoms with E-state index in [1.165, 1.54) is 12.1 Å². The van der Waals surface area contributed by atoms with Gasteiger partial charge in [-0.05, 0) is 80.6 Å². The standard InChI is InChI=1S/C18H10F7I2N3O/c19-16(20,17(21,22)23)18(24,25)30-29-8-12-5-13(26)15(14(27)6-12)31-9-11-3-1-10(7-28)2-4-11/h1-6,8,30H,9H2/b29-8-. The third-order valence-corrected chi connectivity index (χ3v) is 5.26. The lowest BCUT2D eigenvalue weighted by Crippen LogP contribution is -2.58. The topological polar surface area (TPSA) is 57.4 Å². The van der Waals surface area contributed by atoms with Gasteiger partial charge in [-0.2, -0.15) is 41.1 Å². The molecule has 0 spiro atoms. The number of ether oxygens (including phenoxy) is 1. The quantitative estimate of drug-likeness (QED) is 0.128. The molecule has 4 nitrogen and oxygen atoms in total. The zero-order chi connectivity index (χ0) is 23.4. The maximum atomic E-state index is 13.2. The number of hydrogen-bond donors (Lipinski definition) is 1. The molecule has 2 aromatic rings. The maximum absolute atomic E-state index is 13.2. The molecule has 0 heterocycles. The van der Waals surface area contributed by atoms with Crippen LogP contribution in [0, 0.1) is 18.5 Å². The van der Waals surface area contributed by atoms with Gasteiger partial charge < -0.3 is 4.74 Å². The lowest BCUT2D eigenvalue weighted by molar-refractivity contribution is -0.361. The predicted molar refractivity (Wildman–Crippen MR) is 114 cm³/mol. The van der Waals surface area contributed by atoms with Crippen molar-refractivity contribution in [3.63, 3.8) is 0 Å².